The number of hydrogen-bond acceptors (Lipinski definition) is 6. The van der Waals surface area contributed by atoms with Crippen LogP contribution in [-0.2, 0) is 14.8 Å². The Balaban J connectivity index is 1.59. The van der Waals surface area contributed by atoms with E-state index in [1.807, 2.05) is 48.7 Å². The van der Waals surface area contributed by atoms with Gasteiger partial charge in [0.05, 0.1) is 16.0 Å². The van der Waals surface area contributed by atoms with E-state index in [-0.39, 0.29) is 10.6 Å². The van der Waals surface area contributed by atoms with Crippen LogP contribution in [0.25, 0.3) is 5.69 Å². The van der Waals surface area contributed by atoms with Crippen molar-refractivity contribution in [3.05, 3.63) is 116 Å². The molecule has 1 amide bonds. The molecule has 0 atom stereocenters. The van der Waals surface area contributed by atoms with Gasteiger partial charge in [-0.25, -0.2) is 18.1 Å². The molecule has 200 valence electrons. The van der Waals surface area contributed by atoms with Crippen molar-refractivity contribution in [1.82, 2.24) is 9.99 Å². The van der Waals surface area contributed by atoms with E-state index < -0.39 is 33.1 Å². The van der Waals surface area contributed by atoms with Crippen molar-refractivity contribution in [2.45, 2.75) is 18.7 Å². The summed E-state index contributed by atoms with van der Waals surface area (Å²) in [6, 6.07) is 22.5. The van der Waals surface area contributed by atoms with Crippen LogP contribution >= 0.6 is 15.9 Å². The smallest absolute Gasteiger partial charge is 0.293 e. The minimum atomic E-state index is -4.32. The first-order valence-electron chi connectivity index (χ1n) is 11.7. The van der Waals surface area contributed by atoms with Crippen molar-refractivity contribution in [2.75, 3.05) is 10.8 Å². The van der Waals surface area contributed by atoms with Gasteiger partial charge in [0.1, 0.15) is 12.2 Å². The summed E-state index contributed by atoms with van der Waals surface area (Å²) in [5.74, 6) is -0.773. The molecule has 0 aliphatic heterocycles. The lowest BCUT2D eigenvalue weighted by atomic mass is 10.2. The van der Waals surface area contributed by atoms with Gasteiger partial charge in [-0.05, 0) is 62.4 Å². The number of aryl methyl sites for hydroxylation is 1. The van der Waals surface area contributed by atoms with Gasteiger partial charge in [-0.2, -0.15) is 5.10 Å². The van der Waals surface area contributed by atoms with Crippen molar-refractivity contribution < 1.29 is 18.1 Å². The standard InChI is InChI=1S/C27H24BrN5O5S/c1-19-16-21(20(2)32(19)23-14-12-22(28)13-15-23)17-29-30-27(34)18-31(25-10-6-7-11-26(25)33(35)36)39(37,38)24-8-4-3-5-9-24/h3-17H,18H2,1-2H3,(H,30,34)/b29-17+. The lowest BCUT2D eigenvalue weighted by Gasteiger charge is -2.23. The van der Waals surface area contributed by atoms with Crippen LogP contribution in [0.1, 0.15) is 17.0 Å². The van der Waals surface area contributed by atoms with E-state index in [9.17, 15) is 23.3 Å². The molecular formula is C27H24BrN5O5S. The summed E-state index contributed by atoms with van der Waals surface area (Å²) in [7, 11) is -4.32. The number of hydrogen-bond donors (Lipinski definition) is 1. The molecule has 0 saturated heterocycles. The van der Waals surface area contributed by atoms with Gasteiger partial charge in [0.15, 0.2) is 0 Å². The second kappa shape index (κ2) is 11.6. The topological polar surface area (TPSA) is 127 Å². The Morgan fingerprint density at radius 1 is 1.05 bits per heavy atom. The van der Waals surface area contributed by atoms with Crippen LogP contribution in [0, 0.1) is 24.0 Å². The zero-order valence-electron chi connectivity index (χ0n) is 21.0. The number of sulfonamides is 1. The molecule has 10 nitrogen and oxygen atoms in total. The molecule has 0 aliphatic carbocycles. The summed E-state index contributed by atoms with van der Waals surface area (Å²) >= 11 is 3.43. The van der Waals surface area contributed by atoms with Crippen LogP contribution in [0.4, 0.5) is 11.4 Å². The zero-order chi connectivity index (χ0) is 28.2. The highest BCUT2D eigenvalue weighted by molar-refractivity contribution is 9.10. The summed E-state index contributed by atoms with van der Waals surface area (Å²) < 4.78 is 30.6. The van der Waals surface area contributed by atoms with Crippen LogP contribution in [-0.4, -0.2) is 36.6 Å². The molecule has 1 heterocycles. The number of anilines is 1. The maximum Gasteiger partial charge on any atom is 0.293 e. The number of carbonyl (C=O) groups is 1. The summed E-state index contributed by atoms with van der Waals surface area (Å²) in [6.07, 6.45) is 1.47. The first-order valence-corrected chi connectivity index (χ1v) is 13.9. The molecule has 3 aromatic carbocycles. The fraction of sp³-hybridized carbons (Fsp3) is 0.111. The van der Waals surface area contributed by atoms with Crippen LogP contribution in [0.3, 0.4) is 0 Å². The first-order chi connectivity index (χ1) is 18.6. The number of carbonyl (C=O) groups excluding carboxylic acids is 1. The minimum absolute atomic E-state index is 0.111. The van der Waals surface area contributed by atoms with Gasteiger partial charge in [-0.1, -0.05) is 46.3 Å². The Morgan fingerprint density at radius 3 is 2.36 bits per heavy atom. The molecular weight excluding hydrogens is 586 g/mol. The third-order valence-electron chi connectivity index (χ3n) is 5.91. The number of amides is 1. The van der Waals surface area contributed by atoms with Gasteiger partial charge in [0.25, 0.3) is 21.6 Å². The molecule has 0 bridgehead atoms. The molecule has 0 spiro atoms. The number of nitrogens with one attached hydrogen (secondary N) is 1. The molecule has 4 aromatic rings. The zero-order valence-corrected chi connectivity index (χ0v) is 23.4. The molecule has 1 N–H and O–H groups in total. The van der Waals surface area contributed by atoms with E-state index in [4.69, 9.17) is 0 Å². The van der Waals surface area contributed by atoms with Crippen LogP contribution in [0.15, 0.2) is 99.4 Å². The van der Waals surface area contributed by atoms with Crippen molar-refractivity contribution in [3.8, 4) is 5.69 Å². The van der Waals surface area contributed by atoms with Gasteiger partial charge >= 0.3 is 0 Å². The van der Waals surface area contributed by atoms with E-state index in [1.165, 1.54) is 54.7 Å². The van der Waals surface area contributed by atoms with Crippen molar-refractivity contribution >= 4 is 49.4 Å². The van der Waals surface area contributed by atoms with Crippen LogP contribution < -0.4 is 9.73 Å². The van der Waals surface area contributed by atoms with Gasteiger partial charge in [0, 0.05) is 33.2 Å². The van der Waals surface area contributed by atoms with E-state index >= 15 is 0 Å². The molecule has 4 rings (SSSR count). The summed E-state index contributed by atoms with van der Waals surface area (Å²) in [4.78, 5) is 23.7. The minimum Gasteiger partial charge on any atom is -0.318 e. The Kier molecular flexibility index (Phi) is 8.27. The second-order valence-electron chi connectivity index (χ2n) is 8.50. The number of rotatable bonds is 9. The quantitative estimate of drug-likeness (QED) is 0.160. The largest absolute Gasteiger partial charge is 0.318 e. The average molecular weight is 610 g/mol. The van der Waals surface area contributed by atoms with Crippen molar-refractivity contribution in [3.63, 3.8) is 0 Å². The number of nitrogens with zero attached hydrogens (tertiary/aromatic N) is 4. The highest BCUT2D eigenvalue weighted by Crippen LogP contribution is 2.32. The molecule has 1 aromatic heterocycles. The van der Waals surface area contributed by atoms with Crippen LogP contribution in [0.5, 0.6) is 0 Å². The Hall–Kier alpha value is -4.29. The fourth-order valence-electron chi connectivity index (χ4n) is 4.09. The first kappa shape index (κ1) is 27.7. The molecule has 0 radical (unpaired) electrons. The number of para-hydroxylation sites is 2. The third-order valence-corrected chi connectivity index (χ3v) is 8.22. The second-order valence-corrected chi connectivity index (χ2v) is 11.3. The number of nitro groups is 1. The van der Waals surface area contributed by atoms with E-state index in [0.29, 0.717) is 4.31 Å². The normalized spacial score (nSPS) is 11.5. The Bertz CT molecular complexity index is 1650. The summed E-state index contributed by atoms with van der Waals surface area (Å²) in [6.45, 7) is 3.14. The predicted molar refractivity (Wildman–Crippen MR) is 153 cm³/mol. The van der Waals surface area contributed by atoms with Crippen molar-refractivity contribution in [2.24, 2.45) is 5.10 Å². The summed E-state index contributed by atoms with van der Waals surface area (Å²) in [5.41, 5.74) is 5.22. The monoisotopic (exact) mass is 609 g/mol. The van der Waals surface area contributed by atoms with E-state index in [1.54, 1.807) is 6.07 Å². The number of hydrazone groups is 1. The molecule has 0 unspecified atom stereocenters. The summed E-state index contributed by atoms with van der Waals surface area (Å²) in [5, 5.41) is 15.7. The van der Waals surface area contributed by atoms with E-state index in [2.05, 4.69) is 26.5 Å². The van der Waals surface area contributed by atoms with Crippen LogP contribution in [0.2, 0.25) is 0 Å². The molecule has 0 aliphatic rings. The van der Waals surface area contributed by atoms with E-state index in [0.717, 1.165) is 27.1 Å². The molecule has 0 saturated carbocycles. The average Bonchev–Trinajstić information content (AvgIpc) is 3.20. The number of halogens is 1. The lowest BCUT2D eigenvalue weighted by molar-refractivity contribution is -0.384. The number of benzene rings is 3. The number of nitro benzene ring substituents is 1. The van der Waals surface area contributed by atoms with Crippen molar-refractivity contribution in [1.29, 1.82) is 0 Å². The van der Waals surface area contributed by atoms with Gasteiger partial charge in [-0.15, -0.1) is 0 Å². The van der Waals surface area contributed by atoms with Gasteiger partial charge in [-0.3, -0.25) is 14.9 Å². The molecule has 12 heteroatoms. The Labute approximate surface area is 233 Å². The Morgan fingerprint density at radius 2 is 1.69 bits per heavy atom. The molecule has 0 fully saturated rings. The highest BCUT2D eigenvalue weighted by Gasteiger charge is 2.31. The maximum atomic E-state index is 13.5. The highest BCUT2D eigenvalue weighted by atomic mass is 79.9. The predicted octanol–water partition coefficient (Wildman–Crippen LogP) is 5.11. The lowest BCUT2D eigenvalue weighted by Crippen LogP contribution is -2.39. The fourth-order valence-corrected chi connectivity index (χ4v) is 5.81. The molecule has 39 heavy (non-hydrogen) atoms. The number of aromatic nitrogens is 1. The van der Waals surface area contributed by atoms with Gasteiger partial charge < -0.3 is 4.57 Å². The third kappa shape index (κ3) is 6.07. The maximum absolute atomic E-state index is 13.5. The van der Waals surface area contributed by atoms with Gasteiger partial charge in [0.2, 0.25) is 0 Å². The SMILES string of the molecule is Cc1cc(/C=N/NC(=O)CN(c2ccccc2[N+](=O)[O-])S(=O)(=O)c2ccccc2)c(C)n1-c1ccc(Br)cc1.